The number of carbonyl (C=O) groups is 8. The van der Waals surface area contributed by atoms with Crippen molar-refractivity contribution in [3.8, 4) is 35.7 Å². The molecule has 0 bridgehead atoms. The number of benzene rings is 4. The number of fused-ring (bicyclic) bond motifs is 2. The number of amides is 8. The van der Waals surface area contributed by atoms with Crippen molar-refractivity contribution in [2.45, 2.75) is 24.2 Å². The van der Waals surface area contributed by atoms with Gasteiger partial charge in [-0.2, -0.15) is 0 Å². The summed E-state index contributed by atoms with van der Waals surface area (Å²) in [6, 6.07) is 23.2. The normalized spacial score (nSPS) is 19.2. The molecule has 0 spiro atoms. The summed E-state index contributed by atoms with van der Waals surface area (Å²) < 4.78 is 11.3. The Morgan fingerprint density at radius 1 is 0.689 bits per heavy atom. The molecule has 4 N–H and O–H groups in total. The second kappa shape index (κ2) is 18.2. The first-order valence-electron chi connectivity index (χ1n) is 18.2. The van der Waals surface area contributed by atoms with Crippen LogP contribution in [0.2, 0.25) is 0 Å². The molecule has 2 saturated heterocycles. The summed E-state index contributed by atoms with van der Waals surface area (Å²) in [5.74, 6) is 7.21. The molecule has 2 atom stereocenters. The summed E-state index contributed by atoms with van der Waals surface area (Å²) in [7, 11) is 3.03. The predicted molar refractivity (Wildman–Crippen MR) is 226 cm³/mol. The number of urea groups is 2. The van der Waals surface area contributed by atoms with Gasteiger partial charge in [-0.3, -0.25) is 39.4 Å². The monoisotopic (exact) mass is 934 g/mol. The number of nitrogens with one attached hydrogen (secondary N) is 4. The van der Waals surface area contributed by atoms with Gasteiger partial charge in [0.25, 0.3) is 23.6 Å². The molecule has 0 aromatic heterocycles. The molecule has 8 amide bonds. The zero-order chi connectivity index (χ0) is 43.9. The molecule has 4 heterocycles. The Bertz CT molecular complexity index is 2610. The lowest BCUT2D eigenvalue weighted by Gasteiger charge is -2.26. The van der Waals surface area contributed by atoms with E-state index in [1.165, 1.54) is 24.0 Å². The zero-order valence-electron chi connectivity index (χ0n) is 32.5. The van der Waals surface area contributed by atoms with Crippen molar-refractivity contribution in [3.05, 3.63) is 127 Å². The minimum Gasteiger partial charge on any atom is -0.497 e. The van der Waals surface area contributed by atoms with E-state index < -0.39 is 35.0 Å². The number of aldehydes is 2. The Morgan fingerprint density at radius 2 is 1.16 bits per heavy atom. The van der Waals surface area contributed by atoms with Crippen LogP contribution < -0.4 is 30.7 Å². The van der Waals surface area contributed by atoms with Gasteiger partial charge in [0.2, 0.25) is 5.54 Å². The first kappa shape index (κ1) is 43.1. The van der Waals surface area contributed by atoms with Crippen LogP contribution >= 0.6 is 22.6 Å². The van der Waals surface area contributed by atoms with E-state index in [1.807, 2.05) is 18.2 Å². The van der Waals surface area contributed by atoms with Gasteiger partial charge in [-0.15, -0.1) is 6.42 Å². The van der Waals surface area contributed by atoms with E-state index in [9.17, 15) is 38.4 Å². The van der Waals surface area contributed by atoms with Crippen molar-refractivity contribution in [2.75, 3.05) is 27.3 Å². The lowest BCUT2D eigenvalue weighted by atomic mass is 9.98. The van der Waals surface area contributed by atoms with Gasteiger partial charge in [0.15, 0.2) is 18.1 Å². The van der Waals surface area contributed by atoms with Crippen LogP contribution in [0.5, 0.6) is 11.5 Å². The van der Waals surface area contributed by atoms with Crippen LogP contribution in [0.15, 0.2) is 84.9 Å². The zero-order valence-corrected chi connectivity index (χ0v) is 34.7. The minimum absolute atomic E-state index is 0.0864. The molecule has 0 unspecified atom stereocenters. The standard InChI is InChI=1S/C22H17N3O5.C15H13N3O4.C7H5IO/c1-30-17-7-6-15-11-25(19(27)18(15)10-17)13-22(20(28)23-21(29)24-22)9-8-14-4-2-3-5-16(14)12-26;1-3-15(13(20)16-14(21)17-15)8-18-7-9-4-5-10(22-2)6-11(9)12(18)19;8-7-4-2-1-3-6(7)5-9/h2-7,10,12H,11,13H2,1H3,(H2,23,24,28,29);1,4-6H,7-8H2,2H3,(H2,16,17,20,21);1-5H/t22-;15-;/m11./s1. The van der Waals surface area contributed by atoms with Gasteiger partial charge in [0.05, 0.1) is 27.3 Å². The molecule has 16 nitrogen and oxygen atoms in total. The van der Waals surface area contributed by atoms with Crippen LogP contribution in [-0.2, 0) is 22.7 Å². The maximum atomic E-state index is 12.9. The number of nitrogens with zero attached hydrogens (tertiary/aromatic N) is 2. The van der Waals surface area contributed by atoms with E-state index in [4.69, 9.17) is 15.9 Å². The molecule has 17 heteroatoms. The molecule has 0 radical (unpaired) electrons. The molecule has 0 saturated carbocycles. The minimum atomic E-state index is -1.63. The molecule has 308 valence electrons. The molecule has 8 rings (SSSR count). The van der Waals surface area contributed by atoms with Crippen molar-refractivity contribution in [1.82, 2.24) is 31.1 Å². The first-order valence-corrected chi connectivity index (χ1v) is 19.3. The number of ether oxygens (including phenoxy) is 2. The summed E-state index contributed by atoms with van der Waals surface area (Å²) in [6.07, 6.45) is 6.94. The van der Waals surface area contributed by atoms with E-state index in [-0.39, 0.29) is 31.4 Å². The van der Waals surface area contributed by atoms with Crippen LogP contribution in [0.4, 0.5) is 9.59 Å². The lowest BCUT2D eigenvalue weighted by Crippen LogP contribution is -2.54. The summed E-state index contributed by atoms with van der Waals surface area (Å²) in [5.41, 5.74) is 0.988. The van der Waals surface area contributed by atoms with E-state index >= 15 is 0 Å². The number of terminal acetylenes is 1. The fourth-order valence-electron chi connectivity index (χ4n) is 6.70. The highest BCUT2D eigenvalue weighted by atomic mass is 127. The van der Waals surface area contributed by atoms with E-state index in [1.54, 1.807) is 66.7 Å². The molecule has 4 aromatic rings. The smallest absolute Gasteiger partial charge is 0.323 e. The Balaban J connectivity index is 0.000000175. The van der Waals surface area contributed by atoms with Gasteiger partial charge < -0.3 is 29.9 Å². The van der Waals surface area contributed by atoms with Crippen LogP contribution in [0, 0.1) is 27.8 Å². The highest BCUT2D eigenvalue weighted by Gasteiger charge is 2.49. The second-order valence-corrected chi connectivity index (χ2v) is 14.9. The Hall–Kier alpha value is -7.51. The van der Waals surface area contributed by atoms with Gasteiger partial charge in [-0.05, 0) is 70.1 Å². The van der Waals surface area contributed by atoms with Crippen molar-refractivity contribution >= 4 is 70.9 Å². The lowest BCUT2D eigenvalue weighted by molar-refractivity contribution is -0.123. The average Bonchev–Trinajstić information content (AvgIpc) is 3.94. The quantitative estimate of drug-likeness (QED) is 0.0879. The van der Waals surface area contributed by atoms with Crippen LogP contribution in [0.25, 0.3) is 0 Å². The van der Waals surface area contributed by atoms with E-state index in [0.717, 1.165) is 26.5 Å². The Labute approximate surface area is 362 Å². The van der Waals surface area contributed by atoms with Crippen molar-refractivity contribution in [3.63, 3.8) is 0 Å². The maximum Gasteiger partial charge on any atom is 0.323 e. The molecule has 0 aliphatic carbocycles. The van der Waals surface area contributed by atoms with Gasteiger partial charge in [0.1, 0.15) is 11.5 Å². The van der Waals surface area contributed by atoms with E-state index in [2.05, 4.69) is 61.6 Å². The van der Waals surface area contributed by atoms with Crippen molar-refractivity contribution in [2.24, 2.45) is 0 Å². The maximum absolute atomic E-state index is 12.9. The highest BCUT2D eigenvalue weighted by Crippen LogP contribution is 2.30. The summed E-state index contributed by atoms with van der Waals surface area (Å²) in [6.45, 7) is 0.369. The van der Waals surface area contributed by atoms with Crippen LogP contribution in [-0.4, -0.2) is 96.5 Å². The molecule has 4 aromatic carbocycles. The highest BCUT2D eigenvalue weighted by molar-refractivity contribution is 14.1. The fourth-order valence-corrected chi connectivity index (χ4v) is 7.22. The number of methoxy groups -OCH3 is 2. The van der Waals surface area contributed by atoms with Crippen LogP contribution in [0.1, 0.15) is 58.1 Å². The van der Waals surface area contributed by atoms with Gasteiger partial charge >= 0.3 is 12.1 Å². The molecular formula is C44H35IN6O10. The largest absolute Gasteiger partial charge is 0.497 e. The number of rotatable bonds is 8. The number of imide groups is 2. The van der Waals surface area contributed by atoms with E-state index in [0.29, 0.717) is 46.6 Å². The predicted octanol–water partition coefficient (Wildman–Crippen LogP) is 3.06. The Kier molecular flexibility index (Phi) is 12.8. The second-order valence-electron chi connectivity index (χ2n) is 13.7. The molecule has 2 fully saturated rings. The number of hydrogen-bond acceptors (Lipinski definition) is 10. The average molecular weight is 935 g/mol. The number of halogens is 1. The van der Waals surface area contributed by atoms with Gasteiger partial charge in [0, 0.05) is 44.5 Å². The molecule has 4 aliphatic rings. The molecule has 4 aliphatic heterocycles. The third-order valence-electron chi connectivity index (χ3n) is 9.91. The first-order chi connectivity index (χ1) is 29.3. The summed E-state index contributed by atoms with van der Waals surface area (Å²) >= 11 is 2.13. The fraction of sp³-hybridized carbons (Fsp3) is 0.182. The van der Waals surface area contributed by atoms with Gasteiger partial charge in [-0.1, -0.05) is 66.3 Å². The molecule has 61 heavy (non-hydrogen) atoms. The van der Waals surface area contributed by atoms with Crippen LogP contribution in [0.3, 0.4) is 0 Å². The Morgan fingerprint density at radius 3 is 1.61 bits per heavy atom. The number of carbonyl (C=O) groups excluding carboxylic acids is 8. The molecular weight excluding hydrogens is 899 g/mol. The van der Waals surface area contributed by atoms with Gasteiger partial charge in [-0.25, -0.2) is 9.59 Å². The summed E-state index contributed by atoms with van der Waals surface area (Å²) in [5, 5.41) is 9.23. The van der Waals surface area contributed by atoms with Crippen molar-refractivity contribution in [1.29, 1.82) is 0 Å². The summed E-state index contributed by atoms with van der Waals surface area (Å²) in [4.78, 5) is 97.4. The topological polar surface area (TPSA) is 210 Å². The third kappa shape index (κ3) is 9.07. The third-order valence-corrected chi connectivity index (χ3v) is 10.9. The number of hydrogen-bond donors (Lipinski definition) is 4. The SMILES string of the molecule is C#C[C@]1(CN2Cc3ccc(OC)cc3C2=O)NC(=O)NC1=O.COc1ccc2c(c1)C(=O)N(C[C@@]1(C#Cc3ccccc3C=O)NC(=O)NC1=O)C2.O=Cc1ccccc1I. The van der Waals surface area contributed by atoms with Crippen molar-refractivity contribution < 1.29 is 47.8 Å².